The van der Waals surface area contributed by atoms with Crippen LogP contribution < -0.4 is 19.7 Å². The number of H-pyrrole nitrogens is 1. The van der Waals surface area contributed by atoms with Crippen LogP contribution in [0.3, 0.4) is 0 Å². The Hall–Kier alpha value is -3.55. The van der Waals surface area contributed by atoms with Crippen LogP contribution in [0.2, 0.25) is 0 Å². The van der Waals surface area contributed by atoms with Crippen molar-refractivity contribution in [3.05, 3.63) is 59.9 Å². The highest BCUT2D eigenvalue weighted by Gasteiger charge is 2.26. The molecule has 1 atom stereocenters. The zero-order chi connectivity index (χ0) is 21.1. The van der Waals surface area contributed by atoms with Gasteiger partial charge in [0.2, 0.25) is 0 Å². The van der Waals surface area contributed by atoms with E-state index in [-0.39, 0.29) is 17.8 Å². The second kappa shape index (κ2) is 8.44. The van der Waals surface area contributed by atoms with Gasteiger partial charge in [-0.3, -0.25) is 9.89 Å². The average Bonchev–Trinajstić information content (AvgIpc) is 3.43. The molecular formula is C22H23FN4O3. The van der Waals surface area contributed by atoms with E-state index in [9.17, 15) is 9.18 Å². The molecule has 2 heterocycles. The third kappa shape index (κ3) is 4.22. The molecule has 0 bridgehead atoms. The van der Waals surface area contributed by atoms with Crippen LogP contribution >= 0.6 is 0 Å². The number of methoxy groups -OCH3 is 2. The topological polar surface area (TPSA) is 79.5 Å². The summed E-state index contributed by atoms with van der Waals surface area (Å²) in [6.45, 7) is 1.43. The highest BCUT2D eigenvalue weighted by Crippen LogP contribution is 2.26. The fourth-order valence-electron chi connectivity index (χ4n) is 3.54. The van der Waals surface area contributed by atoms with Crippen molar-refractivity contribution in [1.29, 1.82) is 0 Å². The van der Waals surface area contributed by atoms with Crippen molar-refractivity contribution in [3.63, 3.8) is 0 Å². The quantitative estimate of drug-likeness (QED) is 0.652. The fraction of sp³-hybridized carbons (Fsp3) is 0.273. The molecule has 1 aliphatic rings. The second-order valence-electron chi connectivity index (χ2n) is 7.15. The van der Waals surface area contributed by atoms with Gasteiger partial charge in [0.1, 0.15) is 17.3 Å². The minimum absolute atomic E-state index is 0.000618. The summed E-state index contributed by atoms with van der Waals surface area (Å²) in [5.41, 5.74) is 2.18. The number of anilines is 1. The number of rotatable bonds is 6. The largest absolute Gasteiger partial charge is 0.497 e. The number of aromatic nitrogens is 2. The molecule has 0 saturated carbocycles. The van der Waals surface area contributed by atoms with Crippen LogP contribution in [0.1, 0.15) is 16.8 Å². The number of aromatic amines is 1. The molecule has 2 aromatic carbocycles. The van der Waals surface area contributed by atoms with Gasteiger partial charge in [-0.25, -0.2) is 4.39 Å². The lowest BCUT2D eigenvalue weighted by molar-refractivity contribution is 0.0939. The van der Waals surface area contributed by atoms with Crippen molar-refractivity contribution in [2.24, 2.45) is 0 Å². The summed E-state index contributed by atoms with van der Waals surface area (Å²) in [4.78, 5) is 14.8. The van der Waals surface area contributed by atoms with Crippen LogP contribution in [0.25, 0.3) is 11.3 Å². The molecule has 2 N–H and O–H groups in total. The standard InChI is InChI=1S/C22H23FN4O3/c1-29-18-9-15(10-19(11-18)30-2)22(28)24-17-7-8-27(13-17)21-12-20(25-26-21)14-3-5-16(23)6-4-14/h3-6,9-12,17H,7-8,13H2,1-2H3,(H,24,28)(H,25,26). The first-order valence-electron chi connectivity index (χ1n) is 9.66. The lowest BCUT2D eigenvalue weighted by atomic mass is 10.1. The Balaban J connectivity index is 1.40. The zero-order valence-corrected chi connectivity index (χ0v) is 16.8. The third-order valence-corrected chi connectivity index (χ3v) is 5.18. The minimum Gasteiger partial charge on any atom is -0.497 e. The summed E-state index contributed by atoms with van der Waals surface area (Å²) in [6.07, 6.45) is 0.811. The molecule has 0 aliphatic carbocycles. The Morgan fingerprint density at radius 1 is 1.13 bits per heavy atom. The van der Waals surface area contributed by atoms with E-state index in [1.54, 1.807) is 44.6 Å². The van der Waals surface area contributed by atoms with Crippen molar-refractivity contribution in [3.8, 4) is 22.8 Å². The van der Waals surface area contributed by atoms with Gasteiger partial charge in [0.25, 0.3) is 5.91 Å². The lowest BCUT2D eigenvalue weighted by Gasteiger charge is -2.16. The van der Waals surface area contributed by atoms with Gasteiger partial charge in [0.15, 0.2) is 5.82 Å². The molecule has 1 unspecified atom stereocenters. The summed E-state index contributed by atoms with van der Waals surface area (Å²) in [5.74, 6) is 1.49. The summed E-state index contributed by atoms with van der Waals surface area (Å²) >= 11 is 0. The van der Waals surface area contributed by atoms with Gasteiger partial charge in [-0.05, 0) is 48.4 Å². The number of halogens is 1. The molecule has 7 nitrogen and oxygen atoms in total. The van der Waals surface area contributed by atoms with E-state index in [1.807, 2.05) is 6.07 Å². The number of hydrogen-bond acceptors (Lipinski definition) is 5. The van der Waals surface area contributed by atoms with Crippen LogP contribution in [0.15, 0.2) is 48.5 Å². The van der Waals surface area contributed by atoms with Crippen molar-refractivity contribution in [2.75, 3.05) is 32.2 Å². The van der Waals surface area contributed by atoms with Crippen LogP contribution in [-0.2, 0) is 0 Å². The molecule has 1 fully saturated rings. The maximum atomic E-state index is 13.1. The predicted octanol–water partition coefficient (Wildman–Crippen LogP) is 3.24. The highest BCUT2D eigenvalue weighted by atomic mass is 19.1. The molecule has 8 heteroatoms. The maximum Gasteiger partial charge on any atom is 0.251 e. The molecule has 0 radical (unpaired) electrons. The number of hydrogen-bond donors (Lipinski definition) is 2. The Morgan fingerprint density at radius 3 is 2.50 bits per heavy atom. The van der Waals surface area contributed by atoms with Crippen LogP contribution in [0, 0.1) is 5.82 Å². The summed E-state index contributed by atoms with van der Waals surface area (Å²) in [5, 5.41) is 10.4. The summed E-state index contributed by atoms with van der Waals surface area (Å²) < 4.78 is 23.6. The van der Waals surface area contributed by atoms with E-state index in [0.717, 1.165) is 30.0 Å². The lowest BCUT2D eigenvalue weighted by Crippen LogP contribution is -2.37. The Bertz CT molecular complexity index is 1010. The van der Waals surface area contributed by atoms with Gasteiger partial charge in [0, 0.05) is 36.8 Å². The van der Waals surface area contributed by atoms with E-state index in [2.05, 4.69) is 20.4 Å². The van der Waals surface area contributed by atoms with Gasteiger partial charge in [-0.15, -0.1) is 0 Å². The van der Waals surface area contributed by atoms with Crippen molar-refractivity contribution in [1.82, 2.24) is 15.5 Å². The number of nitrogens with one attached hydrogen (secondary N) is 2. The molecule has 1 saturated heterocycles. The number of carbonyl (C=O) groups excluding carboxylic acids is 1. The van der Waals surface area contributed by atoms with E-state index >= 15 is 0 Å². The normalized spacial score (nSPS) is 15.8. The van der Waals surface area contributed by atoms with Gasteiger partial charge >= 0.3 is 0 Å². The average molecular weight is 410 g/mol. The van der Waals surface area contributed by atoms with Gasteiger partial charge < -0.3 is 19.7 Å². The van der Waals surface area contributed by atoms with E-state index < -0.39 is 0 Å². The molecule has 0 spiro atoms. The molecule has 1 aliphatic heterocycles. The smallest absolute Gasteiger partial charge is 0.251 e. The van der Waals surface area contributed by atoms with Gasteiger partial charge in [-0.1, -0.05) is 0 Å². The molecule has 1 amide bonds. The van der Waals surface area contributed by atoms with E-state index in [4.69, 9.17) is 9.47 Å². The number of carbonyl (C=O) groups is 1. The zero-order valence-electron chi connectivity index (χ0n) is 16.8. The van der Waals surface area contributed by atoms with E-state index in [1.165, 1.54) is 12.1 Å². The molecular weight excluding hydrogens is 387 g/mol. The van der Waals surface area contributed by atoms with Crippen molar-refractivity contribution >= 4 is 11.7 Å². The second-order valence-corrected chi connectivity index (χ2v) is 7.15. The molecule has 3 aromatic rings. The number of ether oxygens (including phenoxy) is 2. The SMILES string of the molecule is COc1cc(OC)cc(C(=O)NC2CCN(c3cc(-c4ccc(F)cc4)[nH]n3)C2)c1. The van der Waals surface area contributed by atoms with Gasteiger partial charge in [0.05, 0.1) is 19.9 Å². The first-order valence-corrected chi connectivity index (χ1v) is 9.66. The summed E-state index contributed by atoms with van der Waals surface area (Å²) in [7, 11) is 3.10. The van der Waals surface area contributed by atoms with Crippen LogP contribution in [0.5, 0.6) is 11.5 Å². The molecule has 156 valence electrons. The molecule has 1 aromatic heterocycles. The number of amides is 1. The number of nitrogens with zero attached hydrogens (tertiary/aromatic N) is 2. The van der Waals surface area contributed by atoms with Gasteiger partial charge in [-0.2, -0.15) is 5.10 Å². The van der Waals surface area contributed by atoms with Crippen LogP contribution in [-0.4, -0.2) is 49.5 Å². The third-order valence-electron chi connectivity index (χ3n) is 5.18. The summed E-state index contributed by atoms with van der Waals surface area (Å²) in [6, 6.07) is 13.3. The maximum absolute atomic E-state index is 13.1. The monoisotopic (exact) mass is 410 g/mol. The molecule has 30 heavy (non-hydrogen) atoms. The number of benzene rings is 2. The fourth-order valence-corrected chi connectivity index (χ4v) is 3.54. The Labute approximate surface area is 173 Å². The Kier molecular flexibility index (Phi) is 5.56. The predicted molar refractivity (Wildman–Crippen MR) is 112 cm³/mol. The molecule has 4 rings (SSSR count). The van der Waals surface area contributed by atoms with Crippen LogP contribution in [0.4, 0.5) is 10.2 Å². The Morgan fingerprint density at radius 2 is 1.83 bits per heavy atom. The van der Waals surface area contributed by atoms with E-state index in [0.29, 0.717) is 23.6 Å². The first kappa shape index (κ1) is 19.8. The van der Waals surface area contributed by atoms with Crippen molar-refractivity contribution < 1.29 is 18.7 Å². The first-order chi connectivity index (χ1) is 14.6. The van der Waals surface area contributed by atoms with Crippen molar-refractivity contribution in [2.45, 2.75) is 12.5 Å². The minimum atomic E-state index is -0.273. The highest BCUT2D eigenvalue weighted by molar-refractivity contribution is 5.95.